The highest BCUT2D eigenvalue weighted by atomic mass is 35.5. The molecule has 1 fully saturated rings. The number of carbonyl (C=O) groups is 2. The van der Waals surface area contributed by atoms with Gasteiger partial charge in [-0.1, -0.05) is 24.3 Å². The number of primary amides is 1. The SMILES string of the molecule is Cc1nc2c(cc1-c1ccc(C[C@@H](C(N)=O)N(c3ccc4[nH]c(=O)[nH]c4c3)C(=O)[C@H]3CC[C@H](CN)CC3)cc1)NCCN2.Cl. The highest BCUT2D eigenvalue weighted by molar-refractivity contribution is 6.02. The number of fused-ring (bicyclic) bond motifs is 2. The second-order valence-electron chi connectivity index (χ2n) is 11.7. The number of hydrogen-bond donors (Lipinski definition) is 6. The summed E-state index contributed by atoms with van der Waals surface area (Å²) in [5, 5.41) is 6.71. The maximum Gasteiger partial charge on any atom is 0.323 e. The van der Waals surface area contributed by atoms with Crippen LogP contribution in [0.25, 0.3) is 22.2 Å². The van der Waals surface area contributed by atoms with Crippen LogP contribution in [-0.4, -0.2) is 52.4 Å². The number of hydrogen-bond acceptors (Lipinski definition) is 7. The number of nitrogens with zero attached hydrogens (tertiary/aromatic N) is 2. The fraction of sp³-hybridized carbons (Fsp3) is 0.375. The van der Waals surface area contributed by atoms with Gasteiger partial charge in [0.05, 0.1) is 16.7 Å². The molecule has 232 valence electrons. The first-order valence-electron chi connectivity index (χ1n) is 14.9. The molecule has 0 spiro atoms. The van der Waals surface area contributed by atoms with Crippen molar-refractivity contribution < 1.29 is 9.59 Å². The number of halogens is 1. The lowest BCUT2D eigenvalue weighted by atomic mass is 9.81. The Morgan fingerprint density at radius 3 is 2.39 bits per heavy atom. The van der Waals surface area contributed by atoms with Gasteiger partial charge in [0.2, 0.25) is 11.8 Å². The van der Waals surface area contributed by atoms with Gasteiger partial charge in [0, 0.05) is 42.4 Å². The average molecular weight is 619 g/mol. The summed E-state index contributed by atoms with van der Waals surface area (Å²) in [6.45, 7) is 4.26. The summed E-state index contributed by atoms with van der Waals surface area (Å²) in [6.07, 6.45) is 3.40. The van der Waals surface area contributed by atoms with Crippen molar-refractivity contribution in [3.8, 4) is 11.1 Å². The lowest BCUT2D eigenvalue weighted by Gasteiger charge is -2.35. The zero-order valence-corrected chi connectivity index (χ0v) is 25.5. The standard InChI is InChI=1S/C32H38N8O3.ClH/c1-18-24(16-27-30(37-18)36-13-12-35-27)21-6-2-19(3-7-21)14-28(29(34)41)40(31(42)22-8-4-20(17-33)5-9-22)23-10-11-25-26(15-23)39-32(43)38-25;/h2-3,6-7,10-11,15-16,20,22,28,35H,4-5,8-9,12-14,17,33H2,1H3,(H2,34,41)(H,36,37)(H2,38,39,43);1H/t20-,22-,28-;/m0./s1. The lowest BCUT2D eigenvalue weighted by molar-refractivity contribution is -0.127. The Bertz CT molecular complexity index is 1710. The second-order valence-corrected chi connectivity index (χ2v) is 11.7. The molecule has 1 aliphatic heterocycles. The number of aromatic amines is 2. The first-order valence-corrected chi connectivity index (χ1v) is 14.9. The van der Waals surface area contributed by atoms with Gasteiger partial charge in [0.1, 0.15) is 11.9 Å². The van der Waals surface area contributed by atoms with Gasteiger partial charge in [-0.2, -0.15) is 0 Å². The molecule has 0 saturated heterocycles. The number of H-pyrrole nitrogens is 2. The van der Waals surface area contributed by atoms with Crippen LogP contribution in [0, 0.1) is 18.8 Å². The van der Waals surface area contributed by atoms with Crippen molar-refractivity contribution in [2.24, 2.45) is 23.3 Å². The van der Waals surface area contributed by atoms with Crippen LogP contribution in [0.2, 0.25) is 0 Å². The highest BCUT2D eigenvalue weighted by Gasteiger charge is 2.36. The number of aromatic nitrogens is 3. The first kappa shape index (κ1) is 31.1. The van der Waals surface area contributed by atoms with Gasteiger partial charge < -0.3 is 32.1 Å². The van der Waals surface area contributed by atoms with Gasteiger partial charge in [0.15, 0.2) is 0 Å². The molecule has 0 unspecified atom stereocenters. The number of nitrogens with two attached hydrogens (primary N) is 2. The van der Waals surface area contributed by atoms with Crippen molar-refractivity contribution >= 4 is 52.4 Å². The molecule has 0 bridgehead atoms. The van der Waals surface area contributed by atoms with Crippen molar-refractivity contribution in [2.45, 2.75) is 45.1 Å². The molecular formula is C32H39ClN8O3. The third-order valence-electron chi connectivity index (χ3n) is 8.82. The van der Waals surface area contributed by atoms with Crippen LogP contribution in [-0.2, 0) is 16.0 Å². The fourth-order valence-corrected chi connectivity index (χ4v) is 6.38. The van der Waals surface area contributed by atoms with Gasteiger partial charge in [-0.05, 0) is 80.5 Å². The Balaban J connectivity index is 0.00000384. The van der Waals surface area contributed by atoms with E-state index in [1.54, 1.807) is 23.1 Å². The summed E-state index contributed by atoms with van der Waals surface area (Å²) < 4.78 is 0. The third kappa shape index (κ3) is 6.29. The van der Waals surface area contributed by atoms with E-state index in [0.717, 1.165) is 59.8 Å². The van der Waals surface area contributed by atoms with Crippen LogP contribution in [0.15, 0.2) is 53.3 Å². The van der Waals surface area contributed by atoms with Gasteiger partial charge >= 0.3 is 5.69 Å². The molecule has 1 atom stereocenters. The molecule has 2 amide bonds. The van der Waals surface area contributed by atoms with E-state index in [0.29, 0.717) is 42.0 Å². The van der Waals surface area contributed by atoms with Crippen LogP contribution >= 0.6 is 12.4 Å². The minimum atomic E-state index is -0.920. The van der Waals surface area contributed by atoms with Crippen LogP contribution in [0.4, 0.5) is 17.2 Å². The topological polar surface area (TPSA) is 175 Å². The van der Waals surface area contributed by atoms with Crippen molar-refractivity contribution in [1.82, 2.24) is 15.0 Å². The molecule has 1 aliphatic carbocycles. The molecule has 2 aliphatic rings. The maximum absolute atomic E-state index is 14.2. The normalized spacial score (nSPS) is 18.3. The predicted molar refractivity (Wildman–Crippen MR) is 176 cm³/mol. The van der Waals surface area contributed by atoms with Crippen LogP contribution in [0.3, 0.4) is 0 Å². The van der Waals surface area contributed by atoms with Gasteiger partial charge in [-0.15, -0.1) is 12.4 Å². The first-order chi connectivity index (χ1) is 20.8. The van der Waals surface area contributed by atoms with Gasteiger partial charge in [0.25, 0.3) is 0 Å². The summed E-state index contributed by atoms with van der Waals surface area (Å²) in [6, 6.07) is 14.4. The van der Waals surface area contributed by atoms with Crippen molar-refractivity contribution in [3.63, 3.8) is 0 Å². The number of aryl methyl sites for hydroxylation is 1. The fourth-order valence-electron chi connectivity index (χ4n) is 6.38. The maximum atomic E-state index is 14.2. The van der Waals surface area contributed by atoms with E-state index in [1.165, 1.54) is 0 Å². The van der Waals surface area contributed by atoms with Crippen LogP contribution in [0.1, 0.15) is 36.9 Å². The predicted octanol–water partition coefficient (Wildman–Crippen LogP) is 3.68. The molecule has 0 radical (unpaired) electrons. The molecule has 11 nitrogen and oxygen atoms in total. The molecule has 6 rings (SSSR count). The zero-order chi connectivity index (χ0) is 30.1. The van der Waals surface area contributed by atoms with E-state index in [-0.39, 0.29) is 36.3 Å². The quantitative estimate of drug-likeness (QED) is 0.174. The van der Waals surface area contributed by atoms with Crippen LogP contribution in [0.5, 0.6) is 0 Å². The number of pyridine rings is 1. The Morgan fingerprint density at radius 1 is 0.977 bits per heavy atom. The summed E-state index contributed by atoms with van der Waals surface area (Å²) in [5.74, 6) is 0.298. The Hall–Kier alpha value is -4.35. The number of anilines is 3. The molecule has 1 saturated carbocycles. The minimum Gasteiger partial charge on any atom is -0.380 e. The third-order valence-corrected chi connectivity index (χ3v) is 8.82. The monoisotopic (exact) mass is 618 g/mol. The van der Waals surface area contributed by atoms with Gasteiger partial charge in [-0.3, -0.25) is 14.5 Å². The lowest BCUT2D eigenvalue weighted by Crippen LogP contribution is -2.52. The smallest absolute Gasteiger partial charge is 0.323 e. The molecular weight excluding hydrogens is 580 g/mol. The molecule has 44 heavy (non-hydrogen) atoms. The zero-order valence-electron chi connectivity index (χ0n) is 24.7. The Labute approximate surface area is 261 Å². The number of amides is 2. The molecule has 3 heterocycles. The number of rotatable bonds is 8. The average Bonchev–Trinajstić information content (AvgIpc) is 3.40. The van der Waals surface area contributed by atoms with E-state index in [2.05, 4.69) is 26.7 Å². The van der Waals surface area contributed by atoms with Crippen molar-refractivity contribution in [2.75, 3.05) is 35.2 Å². The van der Waals surface area contributed by atoms with E-state index in [4.69, 9.17) is 16.5 Å². The number of nitrogens with one attached hydrogen (secondary N) is 4. The molecule has 12 heteroatoms. The Kier molecular flexibility index (Phi) is 9.26. The van der Waals surface area contributed by atoms with E-state index >= 15 is 0 Å². The number of carbonyl (C=O) groups excluding carboxylic acids is 2. The van der Waals surface area contributed by atoms with E-state index in [1.807, 2.05) is 31.2 Å². The largest absolute Gasteiger partial charge is 0.380 e. The summed E-state index contributed by atoms with van der Waals surface area (Å²) in [5.41, 5.74) is 18.1. The number of benzene rings is 2. The van der Waals surface area contributed by atoms with Crippen molar-refractivity contribution in [1.29, 1.82) is 0 Å². The summed E-state index contributed by atoms with van der Waals surface area (Å²) >= 11 is 0. The molecule has 4 aromatic rings. The highest BCUT2D eigenvalue weighted by Crippen LogP contribution is 2.34. The van der Waals surface area contributed by atoms with Crippen molar-refractivity contribution in [3.05, 3.63) is 70.3 Å². The van der Waals surface area contributed by atoms with E-state index < -0.39 is 11.9 Å². The Morgan fingerprint density at radius 2 is 1.68 bits per heavy atom. The summed E-state index contributed by atoms with van der Waals surface area (Å²) in [7, 11) is 0. The van der Waals surface area contributed by atoms with Gasteiger partial charge in [-0.25, -0.2) is 9.78 Å². The molecule has 8 N–H and O–H groups in total. The molecule has 2 aromatic heterocycles. The van der Waals surface area contributed by atoms with E-state index in [9.17, 15) is 14.4 Å². The minimum absolute atomic E-state index is 0. The molecule has 2 aromatic carbocycles. The summed E-state index contributed by atoms with van der Waals surface area (Å²) in [4.78, 5) is 50.9. The number of imidazole rings is 1. The second kappa shape index (κ2) is 13.1. The van der Waals surface area contributed by atoms with Crippen LogP contribution < -0.4 is 32.7 Å².